The van der Waals surface area contributed by atoms with E-state index in [9.17, 15) is 29.3 Å². The quantitative estimate of drug-likeness (QED) is 0.451. The lowest BCUT2D eigenvalue weighted by Gasteiger charge is -2.39. The molecule has 1 saturated carbocycles. The molecule has 0 unspecified atom stereocenters. The van der Waals surface area contributed by atoms with Crippen molar-refractivity contribution in [3.63, 3.8) is 0 Å². The zero-order chi connectivity index (χ0) is 25.2. The van der Waals surface area contributed by atoms with Crippen LogP contribution in [0.3, 0.4) is 0 Å². The Balaban J connectivity index is 1.25. The molecule has 3 amide bonds. The Morgan fingerprint density at radius 2 is 1.86 bits per heavy atom. The summed E-state index contributed by atoms with van der Waals surface area (Å²) in [6.45, 7) is 3.76. The third-order valence-electron chi connectivity index (χ3n) is 8.05. The van der Waals surface area contributed by atoms with Crippen molar-refractivity contribution in [2.75, 3.05) is 39.3 Å². The first-order valence-electron chi connectivity index (χ1n) is 12.2. The predicted octanol–water partition coefficient (Wildman–Crippen LogP) is 1.36. The molecule has 0 radical (unpaired) electrons. The number of Topliss-reactive ketones (excluding diaryl/α,β-unsaturated/α-hetero) is 1. The lowest BCUT2D eigenvalue weighted by molar-refractivity contribution is -0.490. The van der Waals surface area contributed by atoms with Gasteiger partial charge in [-0.2, -0.15) is 0 Å². The van der Waals surface area contributed by atoms with E-state index in [0.717, 1.165) is 19.3 Å². The highest BCUT2D eigenvalue weighted by atomic mass is 16.6. The van der Waals surface area contributed by atoms with E-state index in [4.69, 9.17) is 4.42 Å². The molecule has 2 saturated heterocycles. The molecule has 1 aliphatic carbocycles. The maximum Gasteiger partial charge on any atom is 0.287 e. The first kappa shape index (κ1) is 24.9. The largest absolute Gasteiger partial charge is 0.459 e. The average Bonchev–Trinajstić information content (AvgIpc) is 3.55. The van der Waals surface area contributed by atoms with Crippen molar-refractivity contribution >= 4 is 23.5 Å². The number of amides is 3. The van der Waals surface area contributed by atoms with Crippen LogP contribution < -0.4 is 5.32 Å². The Bertz CT molecular complexity index is 984. The molecule has 1 aromatic heterocycles. The molecule has 3 fully saturated rings. The minimum atomic E-state index is -0.574. The zero-order valence-electron chi connectivity index (χ0n) is 19.9. The summed E-state index contributed by atoms with van der Waals surface area (Å²) in [6.07, 6.45) is 4.09. The monoisotopic (exact) mass is 488 g/mol. The van der Waals surface area contributed by atoms with Crippen LogP contribution in [0.15, 0.2) is 22.8 Å². The van der Waals surface area contributed by atoms with Crippen molar-refractivity contribution in [3.05, 3.63) is 34.3 Å². The third-order valence-corrected chi connectivity index (χ3v) is 8.05. The zero-order valence-corrected chi connectivity index (χ0v) is 19.9. The lowest BCUT2D eigenvalue weighted by atomic mass is 9.77. The summed E-state index contributed by atoms with van der Waals surface area (Å²) in [5.41, 5.74) is -0.0585. The molecule has 1 N–H and O–H groups in total. The second-order valence-electron chi connectivity index (χ2n) is 10.2. The average molecular weight is 489 g/mol. The van der Waals surface area contributed by atoms with Crippen molar-refractivity contribution in [1.82, 2.24) is 15.1 Å². The summed E-state index contributed by atoms with van der Waals surface area (Å²) >= 11 is 0. The lowest BCUT2D eigenvalue weighted by Crippen LogP contribution is -2.47. The van der Waals surface area contributed by atoms with Crippen LogP contribution >= 0.6 is 0 Å². The topological polar surface area (TPSA) is 143 Å². The maximum atomic E-state index is 13.0. The summed E-state index contributed by atoms with van der Waals surface area (Å²) in [5.74, 6) is -1.63. The van der Waals surface area contributed by atoms with Crippen LogP contribution in [-0.4, -0.2) is 77.5 Å². The van der Waals surface area contributed by atoms with E-state index >= 15 is 0 Å². The van der Waals surface area contributed by atoms with E-state index in [2.05, 4.69) is 5.32 Å². The highest BCUT2D eigenvalue weighted by Gasteiger charge is 2.47. The number of rotatable bonds is 7. The summed E-state index contributed by atoms with van der Waals surface area (Å²) in [7, 11) is 0. The molecule has 11 nitrogen and oxygen atoms in total. The number of carbonyl (C=O) groups is 4. The normalized spacial score (nSPS) is 25.7. The van der Waals surface area contributed by atoms with Crippen LogP contribution in [0.4, 0.5) is 0 Å². The highest BCUT2D eigenvalue weighted by Crippen LogP contribution is 2.42. The Hall–Kier alpha value is -3.24. The van der Waals surface area contributed by atoms with E-state index in [1.54, 1.807) is 15.9 Å². The first-order valence-corrected chi connectivity index (χ1v) is 12.2. The maximum absolute atomic E-state index is 13.0. The number of piperidine rings is 1. The second-order valence-corrected chi connectivity index (χ2v) is 10.2. The fraction of sp³-hybridized carbons (Fsp3) is 0.667. The molecule has 3 atom stereocenters. The molecule has 2 aliphatic heterocycles. The molecular weight excluding hydrogens is 456 g/mol. The van der Waals surface area contributed by atoms with E-state index in [1.165, 1.54) is 12.3 Å². The minimum Gasteiger partial charge on any atom is -0.459 e. The van der Waals surface area contributed by atoms with Gasteiger partial charge >= 0.3 is 0 Å². The minimum absolute atomic E-state index is 0.0394. The SMILES string of the molecule is C[C@@H]1CC(=O)[C@H](CC(=O)N2CCC3(CCN(C(=O)CNC(=O)c4ccco4)CC3)C2)[C@H]1C[N+](=O)[O-]. The van der Waals surface area contributed by atoms with Gasteiger partial charge in [0.25, 0.3) is 5.91 Å². The number of hydrogen-bond acceptors (Lipinski definition) is 7. The highest BCUT2D eigenvalue weighted by molar-refractivity contribution is 5.94. The van der Waals surface area contributed by atoms with Gasteiger partial charge in [-0.15, -0.1) is 0 Å². The number of ketones is 1. The van der Waals surface area contributed by atoms with Crippen molar-refractivity contribution in [2.24, 2.45) is 23.2 Å². The van der Waals surface area contributed by atoms with Gasteiger partial charge in [-0.05, 0) is 42.7 Å². The fourth-order valence-corrected chi connectivity index (χ4v) is 5.87. The van der Waals surface area contributed by atoms with E-state index in [0.29, 0.717) is 32.6 Å². The number of furan rings is 1. The summed E-state index contributed by atoms with van der Waals surface area (Å²) in [4.78, 5) is 64.1. The van der Waals surface area contributed by atoms with Gasteiger partial charge in [0, 0.05) is 55.8 Å². The Kier molecular flexibility index (Phi) is 7.23. The first-order chi connectivity index (χ1) is 16.7. The van der Waals surface area contributed by atoms with Crippen LogP contribution in [0.2, 0.25) is 0 Å². The van der Waals surface area contributed by atoms with Crippen molar-refractivity contribution in [3.8, 4) is 0 Å². The molecule has 190 valence electrons. The van der Waals surface area contributed by atoms with E-state index in [1.807, 2.05) is 6.92 Å². The van der Waals surface area contributed by atoms with E-state index < -0.39 is 11.8 Å². The molecule has 11 heteroatoms. The van der Waals surface area contributed by atoms with Gasteiger partial charge in [-0.3, -0.25) is 29.3 Å². The molecule has 3 aliphatic rings. The van der Waals surface area contributed by atoms with Crippen molar-refractivity contribution < 1.29 is 28.5 Å². The Morgan fingerprint density at radius 3 is 2.49 bits per heavy atom. The van der Waals surface area contributed by atoms with Crippen LogP contribution in [0, 0.1) is 33.3 Å². The van der Waals surface area contributed by atoms with Gasteiger partial charge in [0.05, 0.1) is 12.8 Å². The molecule has 1 spiro atoms. The standard InChI is InChI=1S/C24H32N4O7/c1-16-11-19(29)17(18(16)14-28(33)34)12-21(30)27-9-6-24(15-27)4-7-26(8-5-24)22(31)13-25-23(32)20-3-2-10-35-20/h2-3,10,16-18H,4-9,11-15H2,1H3,(H,25,32)/t16-,17-,18+/m1/s1. The molecule has 3 heterocycles. The number of hydrogen-bond donors (Lipinski definition) is 1. The van der Waals surface area contributed by atoms with Crippen LogP contribution in [-0.2, 0) is 14.4 Å². The molecule has 35 heavy (non-hydrogen) atoms. The van der Waals surface area contributed by atoms with Crippen LogP contribution in [0.25, 0.3) is 0 Å². The van der Waals surface area contributed by atoms with E-state index in [-0.39, 0.29) is 65.0 Å². The van der Waals surface area contributed by atoms with Crippen molar-refractivity contribution in [2.45, 2.75) is 39.0 Å². The Labute approximate surface area is 203 Å². The second kappa shape index (κ2) is 10.2. The smallest absolute Gasteiger partial charge is 0.287 e. The number of carbonyl (C=O) groups excluding carboxylic acids is 4. The molecular formula is C24H32N4O7. The number of nitrogens with one attached hydrogen (secondary N) is 1. The number of nitro groups is 1. The van der Waals surface area contributed by atoms with Gasteiger partial charge in [-0.1, -0.05) is 6.92 Å². The van der Waals surface area contributed by atoms with Gasteiger partial charge < -0.3 is 19.5 Å². The molecule has 1 aromatic rings. The summed E-state index contributed by atoms with van der Waals surface area (Å²) in [5, 5.41) is 13.6. The van der Waals surface area contributed by atoms with Gasteiger partial charge in [-0.25, -0.2) is 0 Å². The summed E-state index contributed by atoms with van der Waals surface area (Å²) in [6, 6.07) is 3.14. The van der Waals surface area contributed by atoms with Crippen LogP contribution in [0.1, 0.15) is 49.6 Å². The fourth-order valence-electron chi connectivity index (χ4n) is 5.87. The third kappa shape index (κ3) is 5.54. The predicted molar refractivity (Wildman–Crippen MR) is 123 cm³/mol. The molecule has 0 aromatic carbocycles. The molecule has 0 bridgehead atoms. The van der Waals surface area contributed by atoms with Gasteiger partial charge in [0.1, 0.15) is 5.78 Å². The van der Waals surface area contributed by atoms with Gasteiger partial charge in [0.2, 0.25) is 18.4 Å². The number of likely N-dealkylation sites (tertiary alicyclic amines) is 2. The van der Waals surface area contributed by atoms with Crippen LogP contribution in [0.5, 0.6) is 0 Å². The summed E-state index contributed by atoms with van der Waals surface area (Å²) < 4.78 is 5.02. The van der Waals surface area contributed by atoms with Crippen molar-refractivity contribution in [1.29, 1.82) is 0 Å². The number of nitrogens with zero attached hydrogens (tertiary/aromatic N) is 3. The molecule has 4 rings (SSSR count). The van der Waals surface area contributed by atoms with Gasteiger partial charge in [0.15, 0.2) is 5.76 Å². The Morgan fingerprint density at radius 1 is 1.17 bits per heavy atom.